The van der Waals surface area contributed by atoms with Crippen LogP contribution in [0.15, 0.2) is 0 Å². The Hall–Kier alpha value is -1.67. The molecule has 0 saturated carbocycles. The van der Waals surface area contributed by atoms with Gasteiger partial charge >= 0.3 is 5.69 Å². The van der Waals surface area contributed by atoms with Crippen LogP contribution in [0, 0.1) is 24.0 Å². The molecule has 0 aromatic carbocycles. The SMILES string of the molecule is Cc1nn(CCC(=O)NCCN)c(C)c1[N+](=O)[O-].Cl. The molecular weight excluding hydrogens is 274 g/mol. The number of rotatable bonds is 6. The van der Waals surface area contributed by atoms with E-state index in [9.17, 15) is 14.9 Å². The number of nitrogens with one attached hydrogen (secondary N) is 1. The largest absolute Gasteiger partial charge is 0.355 e. The predicted octanol–water partition coefficient (Wildman–Crippen LogP) is 0.295. The quantitative estimate of drug-likeness (QED) is 0.577. The average Bonchev–Trinajstić information content (AvgIpc) is 2.58. The molecule has 0 saturated heterocycles. The Morgan fingerprint density at radius 2 is 2.16 bits per heavy atom. The molecule has 1 aromatic rings. The number of aryl methyl sites for hydroxylation is 2. The van der Waals surface area contributed by atoms with Gasteiger partial charge in [-0.2, -0.15) is 5.10 Å². The Morgan fingerprint density at radius 3 is 2.63 bits per heavy atom. The first kappa shape index (κ1) is 17.3. The second-order valence-electron chi connectivity index (χ2n) is 3.89. The number of halogens is 1. The average molecular weight is 292 g/mol. The Bertz CT molecular complexity index is 460. The van der Waals surface area contributed by atoms with E-state index in [1.807, 2.05) is 0 Å². The highest BCUT2D eigenvalue weighted by Crippen LogP contribution is 2.21. The van der Waals surface area contributed by atoms with Crippen molar-refractivity contribution in [3.8, 4) is 0 Å². The van der Waals surface area contributed by atoms with Crippen molar-refractivity contribution < 1.29 is 9.72 Å². The minimum absolute atomic E-state index is 0. The first-order chi connectivity index (χ1) is 8.47. The minimum Gasteiger partial charge on any atom is -0.355 e. The maximum Gasteiger partial charge on any atom is 0.312 e. The lowest BCUT2D eigenvalue weighted by molar-refractivity contribution is -0.386. The zero-order chi connectivity index (χ0) is 13.7. The maximum absolute atomic E-state index is 11.4. The molecule has 1 heterocycles. The van der Waals surface area contributed by atoms with Crippen LogP contribution in [0.3, 0.4) is 0 Å². The number of hydrogen-bond donors (Lipinski definition) is 2. The molecule has 0 fully saturated rings. The van der Waals surface area contributed by atoms with Crippen LogP contribution in [0.5, 0.6) is 0 Å². The maximum atomic E-state index is 11.4. The molecule has 0 atom stereocenters. The lowest BCUT2D eigenvalue weighted by Gasteiger charge is -2.04. The van der Waals surface area contributed by atoms with Crippen molar-refractivity contribution in [2.45, 2.75) is 26.8 Å². The smallest absolute Gasteiger partial charge is 0.312 e. The second-order valence-corrected chi connectivity index (χ2v) is 3.89. The zero-order valence-corrected chi connectivity index (χ0v) is 11.7. The Kier molecular flexibility index (Phi) is 7.02. The van der Waals surface area contributed by atoms with Gasteiger partial charge in [-0.3, -0.25) is 19.6 Å². The van der Waals surface area contributed by atoms with Crippen molar-refractivity contribution in [3.63, 3.8) is 0 Å². The van der Waals surface area contributed by atoms with Gasteiger partial charge in [-0.15, -0.1) is 12.4 Å². The van der Waals surface area contributed by atoms with Crippen LogP contribution >= 0.6 is 12.4 Å². The highest BCUT2D eigenvalue weighted by Gasteiger charge is 2.21. The summed E-state index contributed by atoms with van der Waals surface area (Å²) in [5.41, 5.74) is 6.09. The van der Waals surface area contributed by atoms with E-state index in [-0.39, 0.29) is 30.4 Å². The van der Waals surface area contributed by atoms with E-state index in [0.29, 0.717) is 31.0 Å². The fraction of sp³-hybridized carbons (Fsp3) is 0.600. The van der Waals surface area contributed by atoms with E-state index in [1.165, 1.54) is 4.68 Å². The molecule has 1 rings (SSSR count). The molecule has 0 bridgehead atoms. The minimum atomic E-state index is -0.456. The molecule has 3 N–H and O–H groups in total. The van der Waals surface area contributed by atoms with E-state index < -0.39 is 4.92 Å². The van der Waals surface area contributed by atoms with Crippen LogP contribution in [0.2, 0.25) is 0 Å². The van der Waals surface area contributed by atoms with E-state index in [1.54, 1.807) is 13.8 Å². The number of nitrogens with zero attached hydrogens (tertiary/aromatic N) is 3. The molecule has 1 aromatic heterocycles. The van der Waals surface area contributed by atoms with Crippen molar-refractivity contribution in [1.29, 1.82) is 0 Å². The van der Waals surface area contributed by atoms with Gasteiger partial charge in [-0.25, -0.2) is 0 Å². The first-order valence-electron chi connectivity index (χ1n) is 5.62. The number of hydrogen-bond acceptors (Lipinski definition) is 5. The molecule has 0 aliphatic heterocycles. The molecule has 0 radical (unpaired) electrons. The lowest BCUT2D eigenvalue weighted by Crippen LogP contribution is -2.29. The first-order valence-corrected chi connectivity index (χ1v) is 5.62. The number of carbonyl (C=O) groups is 1. The van der Waals surface area contributed by atoms with E-state index in [4.69, 9.17) is 5.73 Å². The van der Waals surface area contributed by atoms with Crippen LogP contribution < -0.4 is 11.1 Å². The van der Waals surface area contributed by atoms with Crippen LogP contribution in [0.4, 0.5) is 5.69 Å². The van der Waals surface area contributed by atoms with Gasteiger partial charge in [0, 0.05) is 19.5 Å². The Labute approximate surface area is 116 Å². The molecule has 0 aliphatic rings. The number of nitro groups is 1. The van der Waals surface area contributed by atoms with E-state index in [0.717, 1.165) is 0 Å². The van der Waals surface area contributed by atoms with Crippen LogP contribution in [0.1, 0.15) is 17.8 Å². The lowest BCUT2D eigenvalue weighted by atomic mass is 10.3. The number of amides is 1. The van der Waals surface area contributed by atoms with Crippen molar-refractivity contribution in [3.05, 3.63) is 21.5 Å². The van der Waals surface area contributed by atoms with Gasteiger partial charge in [0.2, 0.25) is 5.91 Å². The molecular formula is C10H18ClN5O3. The van der Waals surface area contributed by atoms with Crippen molar-refractivity contribution in [2.75, 3.05) is 13.1 Å². The molecule has 0 unspecified atom stereocenters. The van der Waals surface area contributed by atoms with Gasteiger partial charge in [-0.1, -0.05) is 0 Å². The Morgan fingerprint density at radius 1 is 1.53 bits per heavy atom. The van der Waals surface area contributed by atoms with Gasteiger partial charge in [-0.05, 0) is 13.8 Å². The summed E-state index contributed by atoms with van der Waals surface area (Å²) < 4.78 is 1.48. The standard InChI is InChI=1S/C10H17N5O3.ClH/c1-7-10(15(17)18)8(2)14(13-7)6-3-9(16)12-5-4-11;/h3-6,11H2,1-2H3,(H,12,16);1H. The predicted molar refractivity (Wildman–Crippen MR) is 72.3 cm³/mol. The van der Waals surface area contributed by atoms with Gasteiger partial charge in [0.05, 0.1) is 11.5 Å². The zero-order valence-electron chi connectivity index (χ0n) is 10.9. The molecule has 108 valence electrons. The Balaban J connectivity index is 0.00000324. The number of nitrogens with two attached hydrogens (primary N) is 1. The monoisotopic (exact) mass is 291 g/mol. The molecule has 9 heteroatoms. The fourth-order valence-corrected chi connectivity index (χ4v) is 1.68. The molecule has 0 spiro atoms. The summed E-state index contributed by atoms with van der Waals surface area (Å²) in [6.45, 7) is 4.33. The molecule has 8 nitrogen and oxygen atoms in total. The van der Waals surface area contributed by atoms with Gasteiger partial charge in [0.15, 0.2) is 0 Å². The summed E-state index contributed by atoms with van der Waals surface area (Å²) in [6, 6.07) is 0. The van der Waals surface area contributed by atoms with Gasteiger partial charge in [0.25, 0.3) is 0 Å². The summed E-state index contributed by atoms with van der Waals surface area (Å²) in [4.78, 5) is 21.7. The van der Waals surface area contributed by atoms with Gasteiger partial charge in [0.1, 0.15) is 11.4 Å². The summed E-state index contributed by atoms with van der Waals surface area (Å²) >= 11 is 0. The van der Waals surface area contributed by atoms with Crippen molar-refractivity contribution >= 4 is 24.0 Å². The van der Waals surface area contributed by atoms with Crippen molar-refractivity contribution in [1.82, 2.24) is 15.1 Å². The highest BCUT2D eigenvalue weighted by molar-refractivity contribution is 5.85. The van der Waals surface area contributed by atoms with Gasteiger partial charge < -0.3 is 11.1 Å². The van der Waals surface area contributed by atoms with Crippen LogP contribution in [-0.2, 0) is 11.3 Å². The summed E-state index contributed by atoms with van der Waals surface area (Å²) in [5, 5.41) is 17.5. The van der Waals surface area contributed by atoms with Crippen LogP contribution in [0.25, 0.3) is 0 Å². The number of aromatic nitrogens is 2. The normalized spacial score (nSPS) is 9.84. The third-order valence-corrected chi connectivity index (χ3v) is 2.54. The summed E-state index contributed by atoms with van der Waals surface area (Å²) in [5.74, 6) is -0.143. The number of carbonyl (C=O) groups excluding carboxylic acids is 1. The molecule has 1 amide bonds. The summed E-state index contributed by atoms with van der Waals surface area (Å²) in [7, 11) is 0. The highest BCUT2D eigenvalue weighted by atomic mass is 35.5. The fourth-order valence-electron chi connectivity index (χ4n) is 1.68. The topological polar surface area (TPSA) is 116 Å². The van der Waals surface area contributed by atoms with E-state index >= 15 is 0 Å². The third-order valence-electron chi connectivity index (χ3n) is 2.54. The third kappa shape index (κ3) is 4.49. The molecule has 19 heavy (non-hydrogen) atoms. The van der Waals surface area contributed by atoms with E-state index in [2.05, 4.69) is 10.4 Å². The van der Waals surface area contributed by atoms with Crippen molar-refractivity contribution in [2.24, 2.45) is 5.73 Å². The molecule has 0 aliphatic carbocycles. The second kappa shape index (κ2) is 7.70. The van der Waals surface area contributed by atoms with Crippen LogP contribution in [-0.4, -0.2) is 33.7 Å². The summed E-state index contributed by atoms with van der Waals surface area (Å²) in [6.07, 6.45) is 0.221.